The van der Waals surface area contributed by atoms with Crippen LogP contribution in [0.1, 0.15) is 44.1 Å². The predicted molar refractivity (Wildman–Crippen MR) is 96.9 cm³/mol. The van der Waals surface area contributed by atoms with Gasteiger partial charge in [0.25, 0.3) is 0 Å². The van der Waals surface area contributed by atoms with Gasteiger partial charge in [0.1, 0.15) is 11.9 Å². The summed E-state index contributed by atoms with van der Waals surface area (Å²) in [7, 11) is 0.516. The third kappa shape index (κ3) is 5.10. The van der Waals surface area contributed by atoms with Gasteiger partial charge < -0.3 is 9.47 Å². The fraction of sp³-hybridized carbons (Fsp3) is 0.632. The Hall–Kier alpha value is -1.29. The van der Waals surface area contributed by atoms with Gasteiger partial charge in [-0.05, 0) is 24.1 Å². The Balaban J connectivity index is 1.89. The number of carbonyl (C=O) groups excluding carboxylic acids is 1. The lowest BCUT2D eigenvalue weighted by molar-refractivity contribution is -0.142. The lowest BCUT2D eigenvalue weighted by Gasteiger charge is -2.23. The van der Waals surface area contributed by atoms with Gasteiger partial charge in [0.15, 0.2) is 0 Å². The molecule has 1 aromatic rings. The third-order valence-corrected chi connectivity index (χ3v) is 8.28. The molecule has 0 radical (unpaired) electrons. The molecule has 1 aliphatic rings. The van der Waals surface area contributed by atoms with Crippen molar-refractivity contribution in [1.29, 1.82) is 0 Å². The second-order valence-corrected chi connectivity index (χ2v) is 12.8. The first kappa shape index (κ1) is 18.1. The molecule has 0 aliphatic carbocycles. The molecule has 0 saturated carbocycles. The van der Waals surface area contributed by atoms with Gasteiger partial charge in [-0.15, -0.1) is 0 Å². The van der Waals surface area contributed by atoms with Crippen molar-refractivity contribution in [2.45, 2.75) is 69.8 Å². The Morgan fingerprint density at radius 2 is 1.91 bits per heavy atom. The average molecular weight is 335 g/mol. The van der Waals surface area contributed by atoms with Crippen LogP contribution in [0.4, 0.5) is 0 Å². The molecule has 0 spiro atoms. The van der Waals surface area contributed by atoms with Gasteiger partial charge in [-0.3, -0.25) is 4.79 Å². The van der Waals surface area contributed by atoms with Crippen molar-refractivity contribution in [3.63, 3.8) is 0 Å². The molecule has 1 fully saturated rings. The van der Waals surface area contributed by atoms with Crippen LogP contribution in [-0.4, -0.2) is 27.3 Å². The zero-order valence-corrected chi connectivity index (χ0v) is 15.9. The highest BCUT2D eigenvalue weighted by Crippen LogP contribution is 2.35. The molecule has 0 unspecified atom stereocenters. The molecule has 1 saturated heterocycles. The Morgan fingerprint density at radius 3 is 2.52 bits per heavy atom. The van der Waals surface area contributed by atoms with E-state index in [2.05, 4.69) is 20.0 Å². The lowest BCUT2D eigenvalue weighted by atomic mass is 9.95. The van der Waals surface area contributed by atoms with Crippen LogP contribution in [0.25, 0.3) is 0 Å². The fourth-order valence-electron chi connectivity index (χ4n) is 3.27. The normalized spacial score (nSPS) is 21.3. The summed E-state index contributed by atoms with van der Waals surface area (Å²) in [5.74, 6) is 0.653. The monoisotopic (exact) mass is 334 g/mol. The van der Waals surface area contributed by atoms with Crippen LogP contribution in [0.15, 0.2) is 24.3 Å². The van der Waals surface area contributed by atoms with Crippen molar-refractivity contribution in [2.75, 3.05) is 7.11 Å². The van der Waals surface area contributed by atoms with E-state index in [0.29, 0.717) is 0 Å². The number of ether oxygens (including phenoxy) is 2. The highest BCUT2D eigenvalue weighted by molar-refractivity contribution is 6.77. The van der Waals surface area contributed by atoms with E-state index in [-0.39, 0.29) is 18.0 Å². The van der Waals surface area contributed by atoms with E-state index in [1.807, 2.05) is 24.3 Å². The molecule has 1 aliphatic heterocycles. The zero-order chi connectivity index (χ0) is 16.9. The summed E-state index contributed by atoms with van der Waals surface area (Å²) < 4.78 is 10.8. The van der Waals surface area contributed by atoms with Crippen LogP contribution >= 0.6 is 0 Å². The average Bonchev–Trinajstić information content (AvgIpc) is 2.92. The SMILES string of the molecule is CCCC[Si](C)(C)CC[C@@H]1C[C@H](c2ccc(OC)cc2)C(=O)O1. The molecular weight excluding hydrogens is 304 g/mol. The smallest absolute Gasteiger partial charge is 0.313 e. The third-order valence-electron chi connectivity index (χ3n) is 4.93. The molecule has 2 rings (SSSR count). The van der Waals surface area contributed by atoms with Crippen molar-refractivity contribution in [2.24, 2.45) is 0 Å². The number of unbranched alkanes of at least 4 members (excludes halogenated alkanes) is 1. The van der Waals surface area contributed by atoms with E-state index in [4.69, 9.17) is 9.47 Å². The second kappa shape index (κ2) is 8.00. The first-order chi connectivity index (χ1) is 10.9. The molecule has 0 N–H and O–H groups in total. The number of esters is 1. The second-order valence-electron chi connectivity index (χ2n) is 7.43. The van der Waals surface area contributed by atoms with Gasteiger partial charge in [-0.1, -0.05) is 57.1 Å². The maximum Gasteiger partial charge on any atom is 0.313 e. The number of cyclic esters (lactones) is 1. The standard InChI is InChI=1S/C19H30O3Si/c1-5-6-12-23(3,4)13-11-17-14-18(19(20)22-17)15-7-9-16(21-2)10-8-15/h7-10,17-18H,5-6,11-14H2,1-4H3/t17-,18-/m1/s1. The number of methoxy groups -OCH3 is 1. The molecule has 128 valence electrons. The van der Waals surface area contributed by atoms with E-state index in [1.54, 1.807) is 7.11 Å². The first-order valence-corrected chi connectivity index (χ1v) is 12.2. The van der Waals surface area contributed by atoms with Gasteiger partial charge in [-0.25, -0.2) is 0 Å². The number of hydrogen-bond donors (Lipinski definition) is 0. The molecule has 0 bridgehead atoms. The molecule has 1 heterocycles. The number of rotatable bonds is 8. The molecule has 4 heteroatoms. The van der Waals surface area contributed by atoms with Crippen molar-refractivity contribution < 1.29 is 14.3 Å². The Labute approximate surface area is 141 Å². The minimum atomic E-state index is -1.14. The Kier molecular flexibility index (Phi) is 6.28. The predicted octanol–water partition coefficient (Wildman–Crippen LogP) is 4.99. The largest absolute Gasteiger partial charge is 0.497 e. The Bertz CT molecular complexity index is 510. The van der Waals surface area contributed by atoms with Crippen LogP contribution in [0.2, 0.25) is 25.2 Å². The molecular formula is C19H30O3Si. The summed E-state index contributed by atoms with van der Waals surface area (Å²) in [6.45, 7) is 7.17. The summed E-state index contributed by atoms with van der Waals surface area (Å²) in [6.07, 6.45) is 4.56. The van der Waals surface area contributed by atoms with Crippen LogP contribution in [0, 0.1) is 0 Å². The van der Waals surface area contributed by atoms with Gasteiger partial charge in [-0.2, -0.15) is 0 Å². The molecule has 1 aromatic carbocycles. The quantitative estimate of drug-likeness (QED) is 0.496. The zero-order valence-electron chi connectivity index (χ0n) is 14.9. The summed E-state index contributed by atoms with van der Waals surface area (Å²) in [5.41, 5.74) is 1.04. The molecule has 23 heavy (non-hydrogen) atoms. The van der Waals surface area contributed by atoms with E-state index in [0.717, 1.165) is 24.2 Å². The molecule has 3 nitrogen and oxygen atoms in total. The van der Waals surface area contributed by atoms with Crippen molar-refractivity contribution in [1.82, 2.24) is 0 Å². The van der Waals surface area contributed by atoms with Crippen molar-refractivity contribution in [3.05, 3.63) is 29.8 Å². The summed E-state index contributed by atoms with van der Waals surface area (Å²) >= 11 is 0. The van der Waals surface area contributed by atoms with Crippen molar-refractivity contribution in [3.8, 4) is 5.75 Å². The van der Waals surface area contributed by atoms with Gasteiger partial charge in [0.05, 0.1) is 13.0 Å². The van der Waals surface area contributed by atoms with Crippen LogP contribution < -0.4 is 4.74 Å². The van der Waals surface area contributed by atoms with Gasteiger partial charge in [0, 0.05) is 14.5 Å². The highest BCUT2D eigenvalue weighted by Gasteiger charge is 2.36. The van der Waals surface area contributed by atoms with Gasteiger partial charge >= 0.3 is 5.97 Å². The molecule has 0 aromatic heterocycles. The molecule has 0 amide bonds. The summed E-state index contributed by atoms with van der Waals surface area (Å²) in [5, 5.41) is 0. The van der Waals surface area contributed by atoms with Crippen LogP contribution in [0.3, 0.4) is 0 Å². The van der Waals surface area contributed by atoms with E-state index >= 15 is 0 Å². The lowest BCUT2D eigenvalue weighted by Crippen LogP contribution is -2.26. The highest BCUT2D eigenvalue weighted by atomic mass is 28.3. The summed E-state index contributed by atoms with van der Waals surface area (Å²) in [6, 6.07) is 10.4. The number of benzene rings is 1. The maximum atomic E-state index is 12.2. The van der Waals surface area contributed by atoms with Crippen LogP contribution in [0.5, 0.6) is 5.75 Å². The first-order valence-electron chi connectivity index (χ1n) is 8.79. The minimum absolute atomic E-state index is 0.0619. The van der Waals surface area contributed by atoms with Crippen LogP contribution in [-0.2, 0) is 9.53 Å². The van der Waals surface area contributed by atoms with E-state index in [9.17, 15) is 4.79 Å². The fourth-order valence-corrected chi connectivity index (χ4v) is 5.93. The van der Waals surface area contributed by atoms with E-state index < -0.39 is 8.07 Å². The number of carbonyl (C=O) groups is 1. The van der Waals surface area contributed by atoms with E-state index in [1.165, 1.54) is 24.9 Å². The maximum absolute atomic E-state index is 12.2. The number of hydrogen-bond acceptors (Lipinski definition) is 3. The topological polar surface area (TPSA) is 35.5 Å². The summed E-state index contributed by atoms with van der Waals surface area (Å²) in [4.78, 5) is 12.2. The minimum Gasteiger partial charge on any atom is -0.497 e. The Morgan fingerprint density at radius 1 is 1.22 bits per heavy atom. The van der Waals surface area contributed by atoms with Crippen molar-refractivity contribution >= 4 is 14.0 Å². The van der Waals surface area contributed by atoms with Gasteiger partial charge in [0.2, 0.25) is 0 Å². The molecule has 2 atom stereocenters.